The maximum absolute atomic E-state index is 14.2. The SMILES string of the molecule is COc1ccc(CCNC(=O)[C@H](c2ccccc2)N(Cc2ccc(OC)cc2)C(=O)CN(Cc2ccccc2)S(C)(=O)=O)cc1. The Labute approximate surface area is 265 Å². The zero-order valence-electron chi connectivity index (χ0n) is 25.8. The highest BCUT2D eigenvalue weighted by molar-refractivity contribution is 7.88. The van der Waals surface area contributed by atoms with Crippen molar-refractivity contribution in [2.24, 2.45) is 0 Å². The van der Waals surface area contributed by atoms with Crippen LogP contribution in [0.3, 0.4) is 0 Å². The maximum Gasteiger partial charge on any atom is 0.247 e. The molecule has 236 valence electrons. The van der Waals surface area contributed by atoms with E-state index in [-0.39, 0.29) is 19.0 Å². The van der Waals surface area contributed by atoms with Crippen LogP contribution < -0.4 is 14.8 Å². The molecule has 10 heteroatoms. The number of benzene rings is 4. The fourth-order valence-corrected chi connectivity index (χ4v) is 5.63. The van der Waals surface area contributed by atoms with Gasteiger partial charge in [-0.3, -0.25) is 9.59 Å². The van der Waals surface area contributed by atoms with Gasteiger partial charge in [0.2, 0.25) is 21.8 Å². The smallest absolute Gasteiger partial charge is 0.247 e. The topological polar surface area (TPSA) is 105 Å². The second-order valence-electron chi connectivity index (χ2n) is 10.6. The average Bonchev–Trinajstić information content (AvgIpc) is 3.05. The molecule has 1 N–H and O–H groups in total. The van der Waals surface area contributed by atoms with Crippen molar-refractivity contribution >= 4 is 21.8 Å². The van der Waals surface area contributed by atoms with Gasteiger partial charge in [0, 0.05) is 19.6 Å². The third-order valence-corrected chi connectivity index (χ3v) is 8.56. The van der Waals surface area contributed by atoms with E-state index < -0.39 is 28.5 Å². The summed E-state index contributed by atoms with van der Waals surface area (Å²) in [5.74, 6) is 0.519. The number of rotatable bonds is 15. The first-order valence-electron chi connectivity index (χ1n) is 14.5. The van der Waals surface area contributed by atoms with Gasteiger partial charge in [0.15, 0.2) is 0 Å². The molecule has 0 unspecified atom stereocenters. The number of carbonyl (C=O) groups is 2. The van der Waals surface area contributed by atoms with E-state index in [2.05, 4.69) is 5.32 Å². The minimum atomic E-state index is -3.77. The normalized spacial score (nSPS) is 11.9. The van der Waals surface area contributed by atoms with Crippen molar-refractivity contribution in [3.8, 4) is 11.5 Å². The van der Waals surface area contributed by atoms with Crippen LogP contribution in [-0.2, 0) is 39.1 Å². The number of hydrogen-bond acceptors (Lipinski definition) is 6. The van der Waals surface area contributed by atoms with Crippen LogP contribution >= 0.6 is 0 Å². The maximum atomic E-state index is 14.2. The van der Waals surface area contributed by atoms with Gasteiger partial charge in [0.25, 0.3) is 0 Å². The molecular formula is C35H39N3O6S. The van der Waals surface area contributed by atoms with Gasteiger partial charge >= 0.3 is 0 Å². The van der Waals surface area contributed by atoms with Crippen molar-refractivity contribution in [2.45, 2.75) is 25.6 Å². The molecule has 2 amide bonds. The molecule has 0 aliphatic heterocycles. The zero-order valence-corrected chi connectivity index (χ0v) is 26.6. The summed E-state index contributed by atoms with van der Waals surface area (Å²) in [4.78, 5) is 29.6. The summed E-state index contributed by atoms with van der Waals surface area (Å²) in [6.07, 6.45) is 1.65. The van der Waals surface area contributed by atoms with E-state index in [1.807, 2.05) is 60.7 Å². The molecular weight excluding hydrogens is 590 g/mol. The molecule has 4 aromatic carbocycles. The van der Waals surface area contributed by atoms with Crippen molar-refractivity contribution in [1.29, 1.82) is 0 Å². The molecule has 0 radical (unpaired) electrons. The molecule has 4 rings (SSSR count). The second kappa shape index (κ2) is 15.9. The van der Waals surface area contributed by atoms with Crippen LogP contribution in [0.5, 0.6) is 11.5 Å². The molecule has 0 fully saturated rings. The summed E-state index contributed by atoms with van der Waals surface area (Å²) in [6, 6.07) is 31.9. The number of sulfonamides is 1. The number of nitrogens with one attached hydrogen (secondary N) is 1. The molecule has 1 atom stereocenters. The Morgan fingerprint density at radius 3 is 1.76 bits per heavy atom. The highest BCUT2D eigenvalue weighted by Crippen LogP contribution is 2.26. The van der Waals surface area contributed by atoms with E-state index in [1.165, 1.54) is 4.90 Å². The average molecular weight is 630 g/mol. The Morgan fingerprint density at radius 2 is 1.22 bits per heavy atom. The largest absolute Gasteiger partial charge is 0.497 e. The van der Waals surface area contributed by atoms with E-state index >= 15 is 0 Å². The van der Waals surface area contributed by atoms with E-state index in [0.29, 0.717) is 24.3 Å². The molecule has 9 nitrogen and oxygen atoms in total. The molecule has 0 spiro atoms. The summed E-state index contributed by atoms with van der Waals surface area (Å²) in [6.45, 7) is -0.0159. The third-order valence-electron chi connectivity index (χ3n) is 7.36. The molecule has 0 aliphatic carbocycles. The molecule has 0 saturated heterocycles. The summed E-state index contributed by atoms with van der Waals surface area (Å²) in [7, 11) is -0.600. The van der Waals surface area contributed by atoms with Crippen molar-refractivity contribution in [3.05, 3.63) is 131 Å². The van der Waals surface area contributed by atoms with Crippen LogP contribution in [0.15, 0.2) is 109 Å². The van der Waals surface area contributed by atoms with Gasteiger partial charge in [-0.2, -0.15) is 4.31 Å². The predicted octanol–water partition coefficient (Wildman–Crippen LogP) is 4.59. The third kappa shape index (κ3) is 9.66. The summed E-state index contributed by atoms with van der Waals surface area (Å²) in [5, 5.41) is 3.01. The summed E-state index contributed by atoms with van der Waals surface area (Å²) >= 11 is 0. The van der Waals surface area contributed by atoms with Crippen molar-refractivity contribution in [1.82, 2.24) is 14.5 Å². The molecule has 0 saturated carbocycles. The van der Waals surface area contributed by atoms with Crippen LogP contribution in [-0.4, -0.2) is 63.0 Å². The lowest BCUT2D eigenvalue weighted by Crippen LogP contribution is -2.48. The lowest BCUT2D eigenvalue weighted by atomic mass is 10.0. The number of ether oxygens (including phenoxy) is 2. The number of carbonyl (C=O) groups excluding carboxylic acids is 2. The highest BCUT2D eigenvalue weighted by atomic mass is 32.2. The van der Waals surface area contributed by atoms with Crippen LogP contribution in [0.25, 0.3) is 0 Å². The molecule has 0 aliphatic rings. The monoisotopic (exact) mass is 629 g/mol. The van der Waals surface area contributed by atoms with E-state index in [9.17, 15) is 18.0 Å². The quantitative estimate of drug-likeness (QED) is 0.206. The summed E-state index contributed by atoms with van der Waals surface area (Å²) < 4.78 is 37.4. The lowest BCUT2D eigenvalue weighted by Gasteiger charge is -2.33. The fourth-order valence-electron chi connectivity index (χ4n) is 4.90. The second-order valence-corrected chi connectivity index (χ2v) is 12.6. The van der Waals surface area contributed by atoms with Gasteiger partial charge in [0.1, 0.15) is 17.5 Å². The molecule has 0 bridgehead atoms. The van der Waals surface area contributed by atoms with Gasteiger partial charge in [-0.1, -0.05) is 84.9 Å². The van der Waals surface area contributed by atoms with Crippen molar-refractivity contribution in [2.75, 3.05) is 33.6 Å². The van der Waals surface area contributed by atoms with Gasteiger partial charge in [0.05, 0.1) is 27.0 Å². The number of hydrogen-bond donors (Lipinski definition) is 1. The Kier molecular flexibility index (Phi) is 11.7. The molecule has 4 aromatic rings. The number of amides is 2. The Bertz CT molecular complexity index is 1630. The predicted molar refractivity (Wildman–Crippen MR) is 174 cm³/mol. The highest BCUT2D eigenvalue weighted by Gasteiger charge is 2.33. The first kappa shape index (κ1) is 33.2. The Morgan fingerprint density at radius 1 is 0.711 bits per heavy atom. The first-order valence-corrected chi connectivity index (χ1v) is 16.4. The van der Waals surface area contributed by atoms with Gasteiger partial charge < -0.3 is 19.7 Å². The van der Waals surface area contributed by atoms with Crippen molar-refractivity contribution in [3.63, 3.8) is 0 Å². The van der Waals surface area contributed by atoms with Crippen LogP contribution in [0, 0.1) is 0 Å². The zero-order chi connectivity index (χ0) is 32.2. The van der Waals surface area contributed by atoms with Crippen LogP contribution in [0.1, 0.15) is 28.3 Å². The molecule has 45 heavy (non-hydrogen) atoms. The first-order chi connectivity index (χ1) is 21.7. The molecule has 0 aromatic heterocycles. The van der Waals surface area contributed by atoms with Gasteiger partial charge in [-0.05, 0) is 52.9 Å². The fraction of sp³-hybridized carbons (Fsp3) is 0.257. The van der Waals surface area contributed by atoms with E-state index in [0.717, 1.165) is 33.0 Å². The van der Waals surface area contributed by atoms with Gasteiger partial charge in [-0.15, -0.1) is 0 Å². The number of nitrogens with zero attached hydrogens (tertiary/aromatic N) is 2. The number of methoxy groups -OCH3 is 2. The van der Waals surface area contributed by atoms with E-state index in [1.54, 1.807) is 62.8 Å². The molecule has 0 heterocycles. The van der Waals surface area contributed by atoms with Crippen LogP contribution in [0.2, 0.25) is 0 Å². The van der Waals surface area contributed by atoms with E-state index in [4.69, 9.17) is 9.47 Å². The Balaban J connectivity index is 1.64. The standard InChI is InChI=1S/C35H39N3O6S/c1-43-31-18-14-27(15-19-31)22-23-36-35(40)34(30-12-8-5-9-13-30)38(25-29-16-20-32(44-2)21-17-29)33(39)26-37(45(3,41)42)24-28-10-6-4-7-11-28/h4-21,34H,22-26H2,1-3H3,(H,36,40)/t34-/m0/s1. The minimum absolute atomic E-state index is 0.0197. The Hall–Kier alpha value is -4.67. The van der Waals surface area contributed by atoms with Crippen molar-refractivity contribution < 1.29 is 27.5 Å². The lowest BCUT2D eigenvalue weighted by molar-refractivity contribution is -0.141. The van der Waals surface area contributed by atoms with Crippen LogP contribution in [0.4, 0.5) is 0 Å². The minimum Gasteiger partial charge on any atom is -0.497 e. The van der Waals surface area contributed by atoms with Gasteiger partial charge in [-0.25, -0.2) is 8.42 Å². The summed E-state index contributed by atoms with van der Waals surface area (Å²) in [5.41, 5.74) is 3.12.